The fourth-order valence-electron chi connectivity index (χ4n) is 2.58. The molecule has 1 heterocycles. The maximum atomic E-state index is 12.4. The van der Waals surface area contributed by atoms with Gasteiger partial charge in [0, 0.05) is 12.4 Å². The Morgan fingerprint density at radius 2 is 2.00 bits per heavy atom. The number of carbonyl (C=O) groups excluding carboxylic acids is 1. The molecule has 3 heteroatoms. The maximum absolute atomic E-state index is 12.4. The zero-order valence-electron chi connectivity index (χ0n) is 13.8. The monoisotopic (exact) mass is 296 g/mol. The number of aryl methyl sites for hydroxylation is 2. The molecule has 0 bridgehead atoms. The van der Waals surface area contributed by atoms with Gasteiger partial charge in [0.25, 0.3) is 0 Å². The van der Waals surface area contributed by atoms with Gasteiger partial charge in [-0.3, -0.25) is 9.78 Å². The summed E-state index contributed by atoms with van der Waals surface area (Å²) in [6.07, 6.45) is 3.98. The van der Waals surface area contributed by atoms with Crippen LogP contribution in [0.1, 0.15) is 42.1 Å². The average Bonchev–Trinajstić information content (AvgIpc) is 2.49. The van der Waals surface area contributed by atoms with Gasteiger partial charge in [-0.2, -0.15) is 0 Å². The van der Waals surface area contributed by atoms with E-state index in [2.05, 4.69) is 42.3 Å². The van der Waals surface area contributed by atoms with Gasteiger partial charge in [-0.05, 0) is 42.5 Å². The number of rotatable bonds is 5. The van der Waals surface area contributed by atoms with Crippen LogP contribution in [-0.2, 0) is 11.2 Å². The van der Waals surface area contributed by atoms with E-state index in [0.29, 0.717) is 12.3 Å². The highest BCUT2D eigenvalue weighted by Gasteiger charge is 2.18. The van der Waals surface area contributed by atoms with Crippen LogP contribution in [0.15, 0.2) is 42.7 Å². The van der Waals surface area contributed by atoms with Crippen LogP contribution in [0, 0.1) is 19.8 Å². The van der Waals surface area contributed by atoms with Crippen molar-refractivity contribution in [3.8, 4) is 0 Å². The van der Waals surface area contributed by atoms with Crippen LogP contribution in [0.5, 0.6) is 0 Å². The van der Waals surface area contributed by atoms with Crippen molar-refractivity contribution in [3.63, 3.8) is 0 Å². The van der Waals surface area contributed by atoms with E-state index in [1.807, 2.05) is 32.2 Å². The molecule has 0 saturated heterocycles. The second-order valence-corrected chi connectivity index (χ2v) is 6.18. The smallest absolute Gasteiger partial charge is 0.224 e. The van der Waals surface area contributed by atoms with Crippen molar-refractivity contribution >= 4 is 5.91 Å². The summed E-state index contributed by atoms with van der Waals surface area (Å²) in [7, 11) is 0. The summed E-state index contributed by atoms with van der Waals surface area (Å²) in [4.78, 5) is 16.6. The molecular weight excluding hydrogens is 272 g/mol. The number of nitrogens with zero attached hydrogens (tertiary/aromatic N) is 1. The van der Waals surface area contributed by atoms with Gasteiger partial charge in [0.1, 0.15) is 0 Å². The lowest BCUT2D eigenvalue weighted by atomic mass is 9.96. The number of hydrogen-bond donors (Lipinski definition) is 1. The number of carbonyl (C=O) groups is 1. The van der Waals surface area contributed by atoms with E-state index in [1.165, 1.54) is 5.56 Å². The summed E-state index contributed by atoms with van der Waals surface area (Å²) >= 11 is 0. The van der Waals surface area contributed by atoms with Crippen LogP contribution in [0.4, 0.5) is 0 Å². The number of hydrogen-bond acceptors (Lipinski definition) is 2. The highest BCUT2D eigenvalue weighted by molar-refractivity contribution is 5.79. The molecule has 2 aromatic rings. The third-order valence-electron chi connectivity index (χ3n) is 3.88. The highest BCUT2D eigenvalue weighted by Crippen LogP contribution is 2.21. The molecule has 22 heavy (non-hydrogen) atoms. The number of benzene rings is 1. The van der Waals surface area contributed by atoms with Gasteiger partial charge in [-0.1, -0.05) is 43.7 Å². The van der Waals surface area contributed by atoms with Crippen molar-refractivity contribution in [1.82, 2.24) is 10.3 Å². The number of aromatic nitrogens is 1. The Morgan fingerprint density at radius 3 is 2.64 bits per heavy atom. The van der Waals surface area contributed by atoms with Crippen LogP contribution >= 0.6 is 0 Å². The lowest BCUT2D eigenvalue weighted by molar-refractivity contribution is -0.121. The van der Waals surface area contributed by atoms with E-state index < -0.39 is 0 Å². The Kier molecular flexibility index (Phi) is 5.31. The van der Waals surface area contributed by atoms with Crippen molar-refractivity contribution in [2.45, 2.75) is 40.2 Å². The minimum absolute atomic E-state index is 0.00804. The normalized spacial score (nSPS) is 12.2. The third-order valence-corrected chi connectivity index (χ3v) is 3.88. The van der Waals surface area contributed by atoms with Crippen molar-refractivity contribution in [2.75, 3.05) is 0 Å². The standard InChI is InChI=1S/C19H24N2O/c1-13(2)19(16-6-5-9-20-12-16)21-18(22)11-17-10-14(3)7-8-15(17)4/h5-10,12-13,19H,11H2,1-4H3,(H,21,22)/t19-/m1/s1. The SMILES string of the molecule is Cc1ccc(C)c(CC(=O)N[C@@H](c2cccnc2)C(C)C)c1. The number of amides is 1. The van der Waals surface area contributed by atoms with Crippen molar-refractivity contribution in [3.05, 3.63) is 65.0 Å². The highest BCUT2D eigenvalue weighted by atomic mass is 16.1. The lowest BCUT2D eigenvalue weighted by Gasteiger charge is -2.23. The predicted octanol–water partition coefficient (Wildman–Crippen LogP) is 3.75. The Bertz CT molecular complexity index is 635. The molecule has 1 N–H and O–H groups in total. The van der Waals surface area contributed by atoms with Gasteiger partial charge in [-0.15, -0.1) is 0 Å². The van der Waals surface area contributed by atoms with Gasteiger partial charge in [0.05, 0.1) is 12.5 Å². The number of nitrogens with one attached hydrogen (secondary N) is 1. The van der Waals surface area contributed by atoms with E-state index in [9.17, 15) is 4.79 Å². The van der Waals surface area contributed by atoms with Crippen molar-refractivity contribution < 1.29 is 4.79 Å². The topological polar surface area (TPSA) is 42.0 Å². The zero-order valence-corrected chi connectivity index (χ0v) is 13.8. The summed E-state index contributed by atoms with van der Waals surface area (Å²) in [5, 5.41) is 3.15. The second kappa shape index (κ2) is 7.21. The largest absolute Gasteiger partial charge is 0.349 e. The van der Waals surface area contributed by atoms with Gasteiger partial charge in [0.15, 0.2) is 0 Å². The van der Waals surface area contributed by atoms with Crippen molar-refractivity contribution in [2.24, 2.45) is 5.92 Å². The first kappa shape index (κ1) is 16.2. The van der Waals surface area contributed by atoms with Gasteiger partial charge >= 0.3 is 0 Å². The molecule has 0 aliphatic carbocycles. The summed E-state index contributed by atoms with van der Waals surface area (Å²) in [5.41, 5.74) is 4.47. The molecule has 1 amide bonds. The zero-order chi connectivity index (χ0) is 16.1. The average molecular weight is 296 g/mol. The van der Waals surface area contributed by atoms with Gasteiger partial charge in [-0.25, -0.2) is 0 Å². The van der Waals surface area contributed by atoms with Crippen molar-refractivity contribution in [1.29, 1.82) is 0 Å². The second-order valence-electron chi connectivity index (χ2n) is 6.18. The van der Waals surface area contributed by atoms with Crippen LogP contribution in [0.25, 0.3) is 0 Å². The predicted molar refractivity (Wildman–Crippen MR) is 89.6 cm³/mol. The molecular formula is C19H24N2O. The van der Waals surface area contributed by atoms with Gasteiger partial charge in [0.2, 0.25) is 5.91 Å². The molecule has 0 fully saturated rings. The molecule has 0 spiro atoms. The first-order valence-corrected chi connectivity index (χ1v) is 7.73. The minimum atomic E-state index is -0.00804. The van der Waals surface area contributed by atoms with Crippen LogP contribution in [0.2, 0.25) is 0 Å². The third kappa shape index (κ3) is 4.17. The Morgan fingerprint density at radius 1 is 1.23 bits per heavy atom. The molecule has 2 rings (SSSR count). The Labute approximate surface area is 132 Å². The molecule has 1 aromatic heterocycles. The molecule has 0 aliphatic heterocycles. The Balaban J connectivity index is 2.10. The fourth-order valence-corrected chi connectivity index (χ4v) is 2.58. The van der Waals surface area contributed by atoms with Crippen LogP contribution < -0.4 is 5.32 Å². The first-order chi connectivity index (χ1) is 10.5. The Hall–Kier alpha value is -2.16. The van der Waals surface area contributed by atoms with Gasteiger partial charge < -0.3 is 5.32 Å². The molecule has 0 unspecified atom stereocenters. The number of pyridine rings is 1. The van der Waals surface area contributed by atoms with E-state index in [0.717, 1.165) is 16.7 Å². The minimum Gasteiger partial charge on any atom is -0.349 e. The summed E-state index contributed by atoms with van der Waals surface area (Å²) in [6, 6.07) is 10.1. The summed E-state index contributed by atoms with van der Waals surface area (Å²) in [6.45, 7) is 8.31. The van der Waals surface area contributed by atoms with E-state index in [4.69, 9.17) is 0 Å². The molecule has 116 valence electrons. The quantitative estimate of drug-likeness (QED) is 0.913. The first-order valence-electron chi connectivity index (χ1n) is 7.73. The van der Waals surface area contributed by atoms with E-state index in [-0.39, 0.29) is 11.9 Å². The molecule has 0 saturated carbocycles. The lowest BCUT2D eigenvalue weighted by Crippen LogP contribution is -2.33. The van der Waals surface area contributed by atoms with E-state index in [1.54, 1.807) is 6.20 Å². The molecule has 1 aromatic carbocycles. The van der Waals surface area contributed by atoms with Crippen LogP contribution in [0.3, 0.4) is 0 Å². The fraction of sp³-hybridized carbons (Fsp3) is 0.368. The van der Waals surface area contributed by atoms with E-state index >= 15 is 0 Å². The molecule has 0 radical (unpaired) electrons. The summed E-state index contributed by atoms with van der Waals surface area (Å²) in [5.74, 6) is 0.364. The maximum Gasteiger partial charge on any atom is 0.224 e. The molecule has 1 atom stereocenters. The summed E-state index contributed by atoms with van der Waals surface area (Å²) < 4.78 is 0. The van der Waals surface area contributed by atoms with Crippen LogP contribution in [-0.4, -0.2) is 10.9 Å². The molecule has 3 nitrogen and oxygen atoms in total. The molecule has 0 aliphatic rings.